The minimum Gasteiger partial charge on any atom is -0.367 e. The van der Waals surface area contributed by atoms with E-state index in [0.29, 0.717) is 11.4 Å². The summed E-state index contributed by atoms with van der Waals surface area (Å²) in [4.78, 5) is 31.3. The maximum atomic E-state index is 12.4. The Kier molecular flexibility index (Phi) is 6.48. The predicted octanol–water partition coefficient (Wildman–Crippen LogP) is 3.64. The van der Waals surface area contributed by atoms with Crippen molar-refractivity contribution in [2.45, 2.75) is 23.8 Å². The van der Waals surface area contributed by atoms with Crippen molar-refractivity contribution in [1.82, 2.24) is 19.9 Å². The van der Waals surface area contributed by atoms with Gasteiger partial charge in [-0.25, -0.2) is 4.98 Å². The fourth-order valence-corrected chi connectivity index (χ4v) is 4.67. The van der Waals surface area contributed by atoms with Crippen LogP contribution in [0.5, 0.6) is 0 Å². The van der Waals surface area contributed by atoms with E-state index in [1.807, 2.05) is 6.07 Å². The van der Waals surface area contributed by atoms with Crippen molar-refractivity contribution in [2.75, 3.05) is 43.4 Å². The van der Waals surface area contributed by atoms with E-state index in [9.17, 15) is 4.79 Å². The van der Waals surface area contributed by atoms with Gasteiger partial charge in [0.05, 0.1) is 23.3 Å². The smallest absolute Gasteiger partial charge is 0.274 e. The first-order valence-corrected chi connectivity index (χ1v) is 11.1. The number of hydrogen-bond donors (Lipinski definition) is 1. The lowest BCUT2D eigenvalue weighted by Crippen LogP contribution is -2.45. The lowest BCUT2D eigenvalue weighted by atomic mass is 10.1. The number of piperazine rings is 1. The van der Waals surface area contributed by atoms with Crippen LogP contribution in [0.25, 0.3) is 0 Å². The second-order valence-electron chi connectivity index (χ2n) is 7.68. The molecular weight excluding hydrogens is 408 g/mol. The van der Waals surface area contributed by atoms with Crippen LogP contribution in [0.1, 0.15) is 21.7 Å². The molecule has 1 saturated heterocycles. The fourth-order valence-electron chi connectivity index (χ4n) is 3.71. The summed E-state index contributed by atoms with van der Waals surface area (Å²) in [7, 11) is 2.16. The Morgan fingerprint density at radius 1 is 1.10 bits per heavy atom. The van der Waals surface area contributed by atoms with E-state index in [1.54, 1.807) is 48.6 Å². The first kappa shape index (κ1) is 21.3. The van der Waals surface area contributed by atoms with Gasteiger partial charge in [-0.05, 0) is 50.7 Å². The third kappa shape index (κ3) is 5.21. The Bertz CT molecular complexity index is 1040. The van der Waals surface area contributed by atoms with Crippen LogP contribution in [0.3, 0.4) is 0 Å². The topological polar surface area (TPSA) is 74.2 Å². The van der Waals surface area contributed by atoms with Crippen LogP contribution in [0.15, 0.2) is 58.8 Å². The van der Waals surface area contributed by atoms with Crippen LogP contribution >= 0.6 is 11.8 Å². The molecule has 1 N–H and O–H groups in total. The van der Waals surface area contributed by atoms with E-state index in [2.05, 4.69) is 52.0 Å². The Morgan fingerprint density at radius 2 is 1.90 bits per heavy atom. The number of amides is 1. The predicted molar refractivity (Wildman–Crippen MR) is 124 cm³/mol. The number of pyridine rings is 3. The second kappa shape index (κ2) is 9.45. The van der Waals surface area contributed by atoms with Crippen molar-refractivity contribution >= 4 is 29.0 Å². The van der Waals surface area contributed by atoms with E-state index in [0.717, 1.165) is 41.8 Å². The number of rotatable bonds is 5. The van der Waals surface area contributed by atoms with Gasteiger partial charge in [-0.15, -0.1) is 0 Å². The van der Waals surface area contributed by atoms with Gasteiger partial charge in [-0.1, -0.05) is 17.8 Å². The number of carbonyl (C=O) groups is 1. The molecule has 0 radical (unpaired) electrons. The molecule has 0 spiro atoms. The molecule has 1 aliphatic rings. The van der Waals surface area contributed by atoms with Crippen LogP contribution in [0, 0.1) is 13.8 Å². The summed E-state index contributed by atoms with van der Waals surface area (Å²) in [5.74, 6) is -0.258. The molecule has 7 nitrogen and oxygen atoms in total. The first-order chi connectivity index (χ1) is 15.0. The molecule has 4 heterocycles. The van der Waals surface area contributed by atoms with E-state index in [1.165, 1.54) is 11.3 Å². The molecule has 0 saturated carbocycles. The summed E-state index contributed by atoms with van der Waals surface area (Å²) in [6.45, 7) is 8.40. The Balaban J connectivity index is 1.48. The Morgan fingerprint density at radius 3 is 2.61 bits per heavy atom. The molecule has 3 aromatic heterocycles. The monoisotopic (exact) mass is 434 g/mol. The van der Waals surface area contributed by atoms with E-state index in [4.69, 9.17) is 4.98 Å². The van der Waals surface area contributed by atoms with Gasteiger partial charge in [0.25, 0.3) is 5.91 Å². The fraction of sp³-hybridized carbons (Fsp3) is 0.304. The highest BCUT2D eigenvalue weighted by atomic mass is 32.2. The largest absolute Gasteiger partial charge is 0.367 e. The van der Waals surface area contributed by atoms with Gasteiger partial charge < -0.3 is 15.1 Å². The molecule has 160 valence electrons. The summed E-state index contributed by atoms with van der Waals surface area (Å²) in [6.07, 6.45) is 5.01. The number of carbonyl (C=O) groups excluding carboxylic acids is 1. The standard InChI is InChI=1S/C23H26N6OS/c1-16-12-21(26-17(2)22(16)29-10-8-28(3)9-11-29)31-19-13-18(14-24-15-19)27-23(30)20-6-4-5-7-25-20/h4-7,12-15H,8-11H2,1-3H3,(H,27,30). The SMILES string of the molecule is Cc1cc(Sc2cncc(NC(=O)c3ccccn3)c2)nc(C)c1N1CCN(C)CC1. The molecule has 4 rings (SSSR count). The summed E-state index contributed by atoms with van der Waals surface area (Å²) in [5, 5.41) is 3.77. The first-order valence-electron chi connectivity index (χ1n) is 10.3. The number of nitrogens with zero attached hydrogens (tertiary/aromatic N) is 5. The second-order valence-corrected chi connectivity index (χ2v) is 8.78. The van der Waals surface area contributed by atoms with Crippen LogP contribution in [-0.4, -0.2) is 59.0 Å². The number of aryl methyl sites for hydroxylation is 2. The molecule has 0 aliphatic carbocycles. The Labute approximate surface area is 186 Å². The Hall–Kier alpha value is -2.97. The van der Waals surface area contributed by atoms with E-state index < -0.39 is 0 Å². The zero-order valence-corrected chi connectivity index (χ0v) is 18.8. The molecule has 0 aromatic carbocycles. The van der Waals surface area contributed by atoms with Gasteiger partial charge in [-0.2, -0.15) is 0 Å². The van der Waals surface area contributed by atoms with Gasteiger partial charge in [0.2, 0.25) is 0 Å². The molecule has 0 bridgehead atoms. The average molecular weight is 435 g/mol. The van der Waals surface area contributed by atoms with E-state index in [-0.39, 0.29) is 5.91 Å². The number of nitrogens with one attached hydrogen (secondary N) is 1. The quantitative estimate of drug-likeness (QED) is 0.657. The number of likely N-dealkylation sites (N-methyl/N-ethyl adjacent to an activating group) is 1. The molecule has 0 unspecified atom stereocenters. The summed E-state index contributed by atoms with van der Waals surface area (Å²) in [6, 6.07) is 9.28. The molecule has 1 fully saturated rings. The third-order valence-electron chi connectivity index (χ3n) is 5.24. The van der Waals surface area contributed by atoms with Gasteiger partial charge in [0.1, 0.15) is 10.7 Å². The lowest BCUT2D eigenvalue weighted by molar-refractivity contribution is 0.102. The van der Waals surface area contributed by atoms with Crippen LogP contribution in [-0.2, 0) is 0 Å². The summed E-state index contributed by atoms with van der Waals surface area (Å²) >= 11 is 1.54. The molecular formula is C23H26N6OS. The molecule has 0 atom stereocenters. The highest BCUT2D eigenvalue weighted by Gasteiger charge is 2.19. The minimum atomic E-state index is -0.258. The van der Waals surface area contributed by atoms with Crippen LogP contribution in [0.4, 0.5) is 11.4 Å². The van der Waals surface area contributed by atoms with Crippen molar-refractivity contribution in [3.8, 4) is 0 Å². The average Bonchev–Trinajstić information content (AvgIpc) is 2.75. The minimum absolute atomic E-state index is 0.258. The van der Waals surface area contributed by atoms with Crippen LogP contribution < -0.4 is 10.2 Å². The molecule has 8 heteroatoms. The lowest BCUT2D eigenvalue weighted by Gasteiger charge is -2.35. The number of aromatic nitrogens is 3. The van der Waals surface area contributed by atoms with Crippen molar-refractivity contribution in [1.29, 1.82) is 0 Å². The van der Waals surface area contributed by atoms with Crippen molar-refractivity contribution in [2.24, 2.45) is 0 Å². The van der Waals surface area contributed by atoms with Gasteiger partial charge in [0, 0.05) is 43.5 Å². The highest BCUT2D eigenvalue weighted by Crippen LogP contribution is 2.32. The van der Waals surface area contributed by atoms with Crippen molar-refractivity contribution in [3.05, 3.63) is 65.9 Å². The van der Waals surface area contributed by atoms with Gasteiger partial charge in [-0.3, -0.25) is 14.8 Å². The van der Waals surface area contributed by atoms with E-state index >= 15 is 0 Å². The maximum absolute atomic E-state index is 12.4. The van der Waals surface area contributed by atoms with Crippen molar-refractivity contribution < 1.29 is 4.79 Å². The highest BCUT2D eigenvalue weighted by molar-refractivity contribution is 7.99. The maximum Gasteiger partial charge on any atom is 0.274 e. The molecule has 1 aliphatic heterocycles. The number of hydrogen-bond acceptors (Lipinski definition) is 7. The third-order valence-corrected chi connectivity index (χ3v) is 6.12. The van der Waals surface area contributed by atoms with Gasteiger partial charge >= 0.3 is 0 Å². The molecule has 3 aromatic rings. The normalized spacial score (nSPS) is 14.5. The zero-order valence-electron chi connectivity index (χ0n) is 18.0. The summed E-state index contributed by atoms with van der Waals surface area (Å²) < 4.78 is 0. The van der Waals surface area contributed by atoms with Crippen LogP contribution in [0.2, 0.25) is 0 Å². The molecule has 31 heavy (non-hydrogen) atoms. The molecule has 1 amide bonds. The van der Waals surface area contributed by atoms with Crippen molar-refractivity contribution in [3.63, 3.8) is 0 Å². The van der Waals surface area contributed by atoms with Gasteiger partial charge in [0.15, 0.2) is 0 Å². The summed E-state index contributed by atoms with van der Waals surface area (Å²) in [5.41, 5.74) is 4.51. The zero-order chi connectivity index (χ0) is 21.8. The number of anilines is 2.